The summed E-state index contributed by atoms with van der Waals surface area (Å²) in [4.78, 5) is 39.5. The molecule has 1 aromatic rings. The normalized spacial score (nSPS) is 15.8. The summed E-state index contributed by atoms with van der Waals surface area (Å²) in [6.45, 7) is 6.09. The van der Waals surface area contributed by atoms with E-state index in [1.807, 2.05) is 45.0 Å². The Balaban J connectivity index is 1.88. The minimum absolute atomic E-state index is 0.257. The van der Waals surface area contributed by atoms with Crippen LogP contribution in [-0.4, -0.2) is 59.9 Å². The molecular weight excluding hydrogens is 334 g/mol. The van der Waals surface area contributed by atoms with Crippen molar-refractivity contribution in [2.75, 3.05) is 26.7 Å². The van der Waals surface area contributed by atoms with Gasteiger partial charge >= 0.3 is 6.03 Å². The Kier molecular flexibility index (Phi) is 6.23. The molecule has 0 aromatic heterocycles. The van der Waals surface area contributed by atoms with Crippen LogP contribution in [-0.2, 0) is 9.59 Å². The van der Waals surface area contributed by atoms with Crippen molar-refractivity contribution < 1.29 is 19.1 Å². The van der Waals surface area contributed by atoms with Gasteiger partial charge in [-0.25, -0.2) is 4.79 Å². The van der Waals surface area contributed by atoms with Crippen molar-refractivity contribution in [2.24, 2.45) is 0 Å². The van der Waals surface area contributed by atoms with E-state index in [9.17, 15) is 14.4 Å². The van der Waals surface area contributed by atoms with Crippen LogP contribution in [0.2, 0.25) is 0 Å². The van der Waals surface area contributed by atoms with Crippen molar-refractivity contribution in [1.29, 1.82) is 0 Å². The molecule has 26 heavy (non-hydrogen) atoms. The van der Waals surface area contributed by atoms with E-state index in [0.29, 0.717) is 26.0 Å². The van der Waals surface area contributed by atoms with Gasteiger partial charge in [0.05, 0.1) is 6.54 Å². The highest BCUT2D eigenvalue weighted by atomic mass is 16.5. The first-order valence-corrected chi connectivity index (χ1v) is 8.91. The molecule has 0 radical (unpaired) electrons. The van der Waals surface area contributed by atoms with Gasteiger partial charge in [-0.15, -0.1) is 0 Å². The Morgan fingerprint density at radius 3 is 2.46 bits per heavy atom. The molecule has 4 amide bonds. The number of nitrogens with zero attached hydrogens (tertiary/aromatic N) is 2. The molecule has 0 spiro atoms. The Morgan fingerprint density at radius 1 is 1.23 bits per heavy atom. The van der Waals surface area contributed by atoms with E-state index in [1.54, 1.807) is 7.05 Å². The number of likely N-dealkylation sites (N-methyl/N-ethyl adjacent to an activating group) is 1. The third-order valence-corrected chi connectivity index (χ3v) is 4.95. The molecule has 0 bridgehead atoms. The predicted molar refractivity (Wildman–Crippen MR) is 97.9 cm³/mol. The number of hydrogen-bond acceptors (Lipinski definition) is 4. The summed E-state index contributed by atoms with van der Waals surface area (Å²) >= 11 is 0. The maximum atomic E-state index is 12.5. The fourth-order valence-electron chi connectivity index (χ4n) is 2.94. The molecule has 1 saturated heterocycles. The summed E-state index contributed by atoms with van der Waals surface area (Å²) in [5.74, 6) is 0.147. The van der Waals surface area contributed by atoms with Crippen LogP contribution in [0.1, 0.15) is 32.3 Å². The van der Waals surface area contributed by atoms with Gasteiger partial charge in [-0.2, -0.15) is 0 Å². The van der Waals surface area contributed by atoms with Crippen LogP contribution in [0.15, 0.2) is 24.3 Å². The van der Waals surface area contributed by atoms with Crippen LogP contribution in [0.5, 0.6) is 5.75 Å². The fourth-order valence-corrected chi connectivity index (χ4v) is 2.94. The van der Waals surface area contributed by atoms with Gasteiger partial charge < -0.3 is 15.0 Å². The molecule has 1 heterocycles. The zero-order valence-electron chi connectivity index (χ0n) is 15.9. The van der Waals surface area contributed by atoms with E-state index >= 15 is 0 Å². The third kappa shape index (κ3) is 3.98. The van der Waals surface area contributed by atoms with Gasteiger partial charge in [0.15, 0.2) is 0 Å². The molecule has 0 aliphatic carbocycles. The topological polar surface area (TPSA) is 79.0 Å². The smallest absolute Gasteiger partial charge is 0.325 e. The number of carbonyl (C=O) groups is 3. The number of urea groups is 1. The Morgan fingerprint density at radius 2 is 1.88 bits per heavy atom. The van der Waals surface area contributed by atoms with Gasteiger partial charge in [0, 0.05) is 7.05 Å². The van der Waals surface area contributed by atoms with Crippen LogP contribution in [0.4, 0.5) is 4.79 Å². The standard InChI is InChI=1S/C19H27N3O4/c1-5-19(6-2)17(24)22(18(25)20-19)13-16(23)21(4)11-12-26-15-10-8-7-9-14(15)3/h7-10H,5-6,11-13H2,1-4H3,(H,20,25). The highest BCUT2D eigenvalue weighted by molar-refractivity contribution is 6.08. The third-order valence-electron chi connectivity index (χ3n) is 4.95. The monoisotopic (exact) mass is 361 g/mol. The van der Waals surface area contributed by atoms with Crippen LogP contribution in [0, 0.1) is 6.92 Å². The second-order valence-electron chi connectivity index (χ2n) is 6.54. The Hall–Kier alpha value is -2.57. The Bertz CT molecular complexity index is 685. The van der Waals surface area contributed by atoms with E-state index < -0.39 is 11.6 Å². The highest BCUT2D eigenvalue weighted by Gasteiger charge is 2.49. The zero-order chi connectivity index (χ0) is 19.3. The number of nitrogens with one attached hydrogen (secondary N) is 1. The van der Waals surface area contributed by atoms with Crippen LogP contribution in [0.3, 0.4) is 0 Å². The van der Waals surface area contributed by atoms with Crippen LogP contribution < -0.4 is 10.1 Å². The lowest BCUT2D eigenvalue weighted by Crippen LogP contribution is -2.47. The van der Waals surface area contributed by atoms with Crippen molar-refractivity contribution in [2.45, 2.75) is 39.2 Å². The predicted octanol–water partition coefficient (Wildman–Crippen LogP) is 1.94. The number of para-hydroxylation sites is 1. The number of imide groups is 1. The maximum Gasteiger partial charge on any atom is 0.325 e. The summed E-state index contributed by atoms with van der Waals surface area (Å²) < 4.78 is 5.68. The molecule has 0 atom stereocenters. The van der Waals surface area contributed by atoms with Crippen molar-refractivity contribution in [3.8, 4) is 5.75 Å². The van der Waals surface area contributed by atoms with Gasteiger partial charge in [-0.3, -0.25) is 14.5 Å². The molecule has 1 N–H and O–H groups in total. The number of rotatable bonds is 8. The van der Waals surface area contributed by atoms with Crippen molar-refractivity contribution in [3.63, 3.8) is 0 Å². The lowest BCUT2D eigenvalue weighted by atomic mass is 9.93. The van der Waals surface area contributed by atoms with Crippen molar-refractivity contribution in [3.05, 3.63) is 29.8 Å². The second kappa shape index (κ2) is 8.21. The first-order valence-electron chi connectivity index (χ1n) is 8.91. The van der Waals surface area contributed by atoms with Gasteiger partial charge in [0.2, 0.25) is 5.91 Å². The quantitative estimate of drug-likeness (QED) is 0.718. The molecule has 1 fully saturated rings. The van der Waals surface area contributed by atoms with Gasteiger partial charge in [0.25, 0.3) is 5.91 Å². The van der Waals surface area contributed by atoms with Crippen molar-refractivity contribution >= 4 is 17.8 Å². The van der Waals surface area contributed by atoms with E-state index in [0.717, 1.165) is 16.2 Å². The fraction of sp³-hybridized carbons (Fsp3) is 0.526. The first-order chi connectivity index (χ1) is 12.3. The summed E-state index contributed by atoms with van der Waals surface area (Å²) in [6, 6.07) is 7.15. The van der Waals surface area contributed by atoms with Crippen molar-refractivity contribution in [1.82, 2.24) is 15.1 Å². The van der Waals surface area contributed by atoms with E-state index in [2.05, 4.69) is 5.32 Å². The molecule has 142 valence electrons. The summed E-state index contributed by atoms with van der Waals surface area (Å²) in [5, 5.41) is 2.72. The minimum Gasteiger partial charge on any atom is -0.491 e. The summed E-state index contributed by atoms with van der Waals surface area (Å²) in [7, 11) is 1.63. The van der Waals surface area contributed by atoms with E-state index in [4.69, 9.17) is 4.74 Å². The molecule has 1 aromatic carbocycles. The molecule has 1 aliphatic rings. The van der Waals surface area contributed by atoms with E-state index in [1.165, 1.54) is 4.90 Å². The number of benzene rings is 1. The summed E-state index contributed by atoms with van der Waals surface area (Å²) in [5.41, 5.74) is 0.139. The van der Waals surface area contributed by atoms with Gasteiger partial charge in [-0.1, -0.05) is 32.0 Å². The molecule has 0 saturated carbocycles. The summed E-state index contributed by atoms with van der Waals surface area (Å²) in [6.07, 6.45) is 0.998. The SMILES string of the molecule is CCC1(CC)NC(=O)N(CC(=O)N(C)CCOc2ccccc2C)C1=O. The molecule has 7 nitrogen and oxygen atoms in total. The lowest BCUT2D eigenvalue weighted by molar-refractivity contribution is -0.138. The largest absolute Gasteiger partial charge is 0.491 e. The molecule has 2 rings (SSSR count). The molecule has 7 heteroatoms. The highest BCUT2D eigenvalue weighted by Crippen LogP contribution is 2.24. The van der Waals surface area contributed by atoms with Gasteiger partial charge in [0.1, 0.15) is 24.4 Å². The van der Waals surface area contributed by atoms with Gasteiger partial charge in [-0.05, 0) is 31.4 Å². The average Bonchev–Trinajstić information content (AvgIpc) is 2.87. The number of carbonyl (C=O) groups excluding carboxylic acids is 3. The van der Waals surface area contributed by atoms with Crippen LogP contribution >= 0.6 is 0 Å². The number of aryl methyl sites for hydroxylation is 1. The van der Waals surface area contributed by atoms with E-state index in [-0.39, 0.29) is 18.4 Å². The Labute approximate surface area is 154 Å². The second-order valence-corrected chi connectivity index (χ2v) is 6.54. The molecule has 1 aliphatic heterocycles. The number of amides is 4. The number of ether oxygens (including phenoxy) is 1. The minimum atomic E-state index is -0.885. The maximum absolute atomic E-state index is 12.5. The van der Waals surface area contributed by atoms with Crippen LogP contribution in [0.25, 0.3) is 0 Å². The molecule has 0 unspecified atom stereocenters. The number of hydrogen-bond donors (Lipinski definition) is 1. The zero-order valence-corrected chi connectivity index (χ0v) is 15.9. The molecular formula is C19H27N3O4. The lowest BCUT2D eigenvalue weighted by Gasteiger charge is -2.24. The first kappa shape index (κ1) is 19.8. The average molecular weight is 361 g/mol.